The van der Waals surface area contributed by atoms with Crippen LogP contribution in [-0.4, -0.2) is 97.4 Å². The molecule has 0 saturated carbocycles. The molecule has 1 aromatic heterocycles. The lowest BCUT2D eigenvalue weighted by atomic mass is 10.1. The zero-order chi connectivity index (χ0) is 25.7. The molecule has 1 aromatic carbocycles. The van der Waals surface area contributed by atoms with Gasteiger partial charge in [-0.15, -0.1) is 0 Å². The number of H-pyrrole nitrogens is 1. The number of ether oxygens (including phenoxy) is 1. The molecule has 2 fully saturated rings. The molecular weight excluding hydrogens is 531 g/mol. The van der Waals surface area contributed by atoms with Gasteiger partial charge in [0.25, 0.3) is 11.8 Å². The molecule has 14 heteroatoms. The average Bonchev–Trinajstić information content (AvgIpc) is 3.32. The maximum atomic E-state index is 12.9. The largest absolute Gasteiger partial charge is 0.379 e. The van der Waals surface area contributed by atoms with Crippen molar-refractivity contribution in [1.82, 2.24) is 24.7 Å². The Morgan fingerprint density at radius 2 is 1.75 bits per heavy atom. The summed E-state index contributed by atoms with van der Waals surface area (Å²) in [5.74, 6) is -0.988. The van der Waals surface area contributed by atoms with Gasteiger partial charge in [0.05, 0.1) is 40.3 Å². The Hall–Kier alpha value is -2.22. The van der Waals surface area contributed by atoms with Crippen LogP contribution in [0.15, 0.2) is 24.4 Å². The smallest absolute Gasteiger partial charge is 0.274 e. The third-order valence-corrected chi connectivity index (χ3v) is 8.73. The van der Waals surface area contributed by atoms with E-state index in [4.69, 9.17) is 27.9 Å². The van der Waals surface area contributed by atoms with Gasteiger partial charge < -0.3 is 15.4 Å². The van der Waals surface area contributed by atoms with Crippen LogP contribution in [0.5, 0.6) is 0 Å². The molecule has 2 aliphatic heterocycles. The number of rotatable bonds is 8. The van der Waals surface area contributed by atoms with Crippen LogP contribution in [0.4, 0.5) is 5.69 Å². The van der Waals surface area contributed by atoms with Gasteiger partial charge in [0, 0.05) is 45.0 Å². The molecule has 2 saturated heterocycles. The molecule has 3 N–H and O–H groups in total. The van der Waals surface area contributed by atoms with Crippen molar-refractivity contribution < 1.29 is 22.7 Å². The number of carbonyl (C=O) groups excluding carboxylic acids is 2. The van der Waals surface area contributed by atoms with Crippen LogP contribution in [0.2, 0.25) is 10.0 Å². The number of hydrogen-bond donors (Lipinski definition) is 3. The summed E-state index contributed by atoms with van der Waals surface area (Å²) < 4.78 is 32.3. The molecule has 11 nitrogen and oxygen atoms in total. The summed E-state index contributed by atoms with van der Waals surface area (Å²) in [5, 5.41) is 12.4. The maximum Gasteiger partial charge on any atom is 0.274 e. The SMILES string of the molecule is O=C(NC1CCN(S(=O)(=O)CCN2CCOCC2)CC1)c1n[nH]cc1NC(=O)c1c(Cl)cccc1Cl. The molecule has 2 aromatic rings. The summed E-state index contributed by atoms with van der Waals surface area (Å²) in [4.78, 5) is 27.6. The minimum Gasteiger partial charge on any atom is -0.379 e. The number of halogens is 2. The predicted molar refractivity (Wildman–Crippen MR) is 136 cm³/mol. The second kappa shape index (κ2) is 11.9. The molecule has 0 radical (unpaired) electrons. The van der Waals surface area contributed by atoms with Gasteiger partial charge in [-0.1, -0.05) is 29.3 Å². The van der Waals surface area contributed by atoms with Crippen LogP contribution < -0.4 is 10.6 Å². The lowest BCUT2D eigenvalue weighted by Gasteiger charge is -2.32. The van der Waals surface area contributed by atoms with Crippen molar-refractivity contribution in [2.75, 3.05) is 57.0 Å². The van der Waals surface area contributed by atoms with Crippen LogP contribution in [0.1, 0.15) is 33.7 Å². The fourth-order valence-corrected chi connectivity index (χ4v) is 6.27. The molecule has 196 valence electrons. The quantitative estimate of drug-likeness (QED) is 0.449. The number of morpholine rings is 1. The third kappa shape index (κ3) is 6.55. The Balaban J connectivity index is 1.29. The van der Waals surface area contributed by atoms with Crippen LogP contribution in [0, 0.1) is 0 Å². The molecule has 2 aliphatic rings. The number of nitrogens with zero attached hydrogens (tertiary/aromatic N) is 3. The van der Waals surface area contributed by atoms with Crippen molar-refractivity contribution in [3.8, 4) is 0 Å². The van der Waals surface area contributed by atoms with E-state index in [-0.39, 0.29) is 38.8 Å². The Bertz CT molecular complexity index is 1170. The summed E-state index contributed by atoms with van der Waals surface area (Å²) in [6.45, 7) is 3.86. The first-order chi connectivity index (χ1) is 17.2. The van der Waals surface area contributed by atoms with Crippen LogP contribution in [0.25, 0.3) is 0 Å². The zero-order valence-electron chi connectivity index (χ0n) is 19.5. The monoisotopic (exact) mass is 558 g/mol. The van der Waals surface area contributed by atoms with E-state index >= 15 is 0 Å². The fraction of sp³-hybridized carbons (Fsp3) is 0.500. The summed E-state index contributed by atoms with van der Waals surface area (Å²) >= 11 is 12.2. The maximum absolute atomic E-state index is 12.9. The minimum atomic E-state index is -3.38. The van der Waals surface area contributed by atoms with E-state index in [1.807, 2.05) is 0 Å². The lowest BCUT2D eigenvalue weighted by Crippen LogP contribution is -2.48. The zero-order valence-corrected chi connectivity index (χ0v) is 21.8. The summed E-state index contributed by atoms with van der Waals surface area (Å²) in [6, 6.07) is 4.49. The first-order valence-electron chi connectivity index (χ1n) is 11.6. The number of aromatic nitrogens is 2. The van der Waals surface area contributed by atoms with Gasteiger partial charge in [0.1, 0.15) is 0 Å². The van der Waals surface area contributed by atoms with Crippen LogP contribution in [-0.2, 0) is 14.8 Å². The topological polar surface area (TPSA) is 137 Å². The number of nitrogens with one attached hydrogen (secondary N) is 3. The Labute approximate surface area is 219 Å². The normalized spacial score (nSPS) is 18.2. The summed E-state index contributed by atoms with van der Waals surface area (Å²) in [6.07, 6.45) is 2.34. The lowest BCUT2D eigenvalue weighted by molar-refractivity contribution is 0.0406. The van der Waals surface area contributed by atoms with Gasteiger partial charge in [-0.05, 0) is 25.0 Å². The molecule has 2 amide bonds. The van der Waals surface area contributed by atoms with Crippen molar-refractivity contribution >= 4 is 50.7 Å². The van der Waals surface area contributed by atoms with Crippen LogP contribution in [0.3, 0.4) is 0 Å². The van der Waals surface area contributed by atoms with E-state index in [0.29, 0.717) is 45.7 Å². The number of aromatic amines is 1. The van der Waals surface area contributed by atoms with E-state index in [1.54, 1.807) is 18.2 Å². The third-order valence-electron chi connectivity index (χ3n) is 6.25. The van der Waals surface area contributed by atoms with E-state index in [9.17, 15) is 18.0 Å². The number of hydrogen-bond acceptors (Lipinski definition) is 7. The molecule has 0 unspecified atom stereocenters. The van der Waals surface area contributed by atoms with Crippen LogP contribution >= 0.6 is 23.2 Å². The van der Waals surface area contributed by atoms with Gasteiger partial charge in [0.15, 0.2) is 5.69 Å². The van der Waals surface area contributed by atoms with Crippen molar-refractivity contribution in [2.45, 2.75) is 18.9 Å². The van der Waals surface area contributed by atoms with Gasteiger partial charge in [-0.2, -0.15) is 5.10 Å². The van der Waals surface area contributed by atoms with Crippen molar-refractivity contribution in [3.05, 3.63) is 45.7 Å². The van der Waals surface area contributed by atoms with E-state index in [0.717, 1.165) is 13.1 Å². The molecule has 0 bridgehead atoms. The molecule has 4 rings (SSSR count). The molecule has 0 atom stereocenters. The highest BCUT2D eigenvalue weighted by atomic mass is 35.5. The molecule has 0 aliphatic carbocycles. The predicted octanol–water partition coefficient (Wildman–Crippen LogP) is 1.83. The highest BCUT2D eigenvalue weighted by molar-refractivity contribution is 7.89. The molecule has 36 heavy (non-hydrogen) atoms. The first-order valence-corrected chi connectivity index (χ1v) is 14.0. The van der Waals surface area contributed by atoms with E-state index < -0.39 is 21.8 Å². The Kier molecular flexibility index (Phi) is 8.86. The van der Waals surface area contributed by atoms with Crippen molar-refractivity contribution in [3.63, 3.8) is 0 Å². The summed E-state index contributed by atoms with van der Waals surface area (Å²) in [7, 11) is -3.38. The number of sulfonamides is 1. The highest BCUT2D eigenvalue weighted by Gasteiger charge is 2.30. The standard InChI is InChI=1S/C22H28Cl2N6O5S/c23-16-2-1-3-17(24)19(16)21(31)27-18-14-25-28-20(18)22(32)26-15-4-6-30(7-5-15)36(33,34)13-10-29-8-11-35-12-9-29/h1-3,14-15H,4-13H2,(H,25,28)(H,26,32)(H,27,31). The number of anilines is 1. The molecule has 3 heterocycles. The number of amides is 2. The summed E-state index contributed by atoms with van der Waals surface area (Å²) in [5.41, 5.74) is 0.277. The van der Waals surface area contributed by atoms with Gasteiger partial charge in [-0.3, -0.25) is 19.6 Å². The Morgan fingerprint density at radius 3 is 2.42 bits per heavy atom. The van der Waals surface area contributed by atoms with Crippen molar-refractivity contribution in [2.24, 2.45) is 0 Å². The fourth-order valence-electron chi connectivity index (χ4n) is 4.19. The molecule has 0 spiro atoms. The second-order valence-electron chi connectivity index (χ2n) is 8.62. The first kappa shape index (κ1) is 26.8. The van der Waals surface area contributed by atoms with Crippen molar-refractivity contribution in [1.29, 1.82) is 0 Å². The molecular formula is C22H28Cl2N6O5S. The minimum absolute atomic E-state index is 0.00656. The van der Waals surface area contributed by atoms with Gasteiger partial charge >= 0.3 is 0 Å². The Morgan fingerprint density at radius 1 is 1.08 bits per heavy atom. The van der Waals surface area contributed by atoms with Gasteiger partial charge in [-0.25, -0.2) is 12.7 Å². The van der Waals surface area contributed by atoms with E-state index in [1.165, 1.54) is 10.5 Å². The number of benzene rings is 1. The number of piperidine rings is 1. The average molecular weight is 559 g/mol. The van der Waals surface area contributed by atoms with Gasteiger partial charge in [0.2, 0.25) is 10.0 Å². The highest BCUT2D eigenvalue weighted by Crippen LogP contribution is 2.26. The van der Waals surface area contributed by atoms with E-state index in [2.05, 4.69) is 25.7 Å². The second-order valence-corrected chi connectivity index (χ2v) is 11.5. The number of carbonyl (C=O) groups is 2.